The summed E-state index contributed by atoms with van der Waals surface area (Å²) in [6.07, 6.45) is 1.64. The molecule has 1 aliphatic rings. The molecule has 0 aliphatic carbocycles. The van der Waals surface area contributed by atoms with Gasteiger partial charge in [0, 0.05) is 10.5 Å². The van der Waals surface area contributed by atoms with Crippen LogP contribution in [0.2, 0.25) is 0 Å². The smallest absolute Gasteiger partial charge is 0.339 e. The first-order chi connectivity index (χ1) is 13.8. The van der Waals surface area contributed by atoms with Gasteiger partial charge in [0.15, 0.2) is 5.76 Å². The highest BCUT2D eigenvalue weighted by molar-refractivity contribution is 9.10. The Morgan fingerprint density at radius 1 is 1.00 bits per heavy atom. The molecule has 0 saturated heterocycles. The summed E-state index contributed by atoms with van der Waals surface area (Å²) in [6, 6.07) is 18.1. The molecule has 0 N–H and O–H groups in total. The standard InChI is InChI=1S/C22H15BrO5S/c1-14-5-8-18(9-6-14)29(25,26)28-17-7-10-19-20(13-17)27-21(22(19)24)12-15-3-2-4-16(23)11-15/h2-13H,1H3. The van der Waals surface area contributed by atoms with Gasteiger partial charge in [-0.15, -0.1) is 0 Å². The monoisotopic (exact) mass is 470 g/mol. The molecule has 0 unspecified atom stereocenters. The summed E-state index contributed by atoms with van der Waals surface area (Å²) in [5.41, 5.74) is 2.10. The molecule has 0 atom stereocenters. The number of halogens is 1. The number of ether oxygens (including phenoxy) is 1. The van der Waals surface area contributed by atoms with E-state index in [0.29, 0.717) is 5.56 Å². The normalized spacial score (nSPS) is 14.6. The van der Waals surface area contributed by atoms with Gasteiger partial charge in [-0.1, -0.05) is 45.8 Å². The molecule has 0 saturated carbocycles. The summed E-state index contributed by atoms with van der Waals surface area (Å²) >= 11 is 3.39. The predicted octanol–water partition coefficient (Wildman–Crippen LogP) is 5.14. The topological polar surface area (TPSA) is 69.7 Å². The van der Waals surface area contributed by atoms with E-state index in [4.69, 9.17) is 8.92 Å². The predicted molar refractivity (Wildman–Crippen MR) is 113 cm³/mol. The van der Waals surface area contributed by atoms with E-state index in [1.54, 1.807) is 18.2 Å². The number of rotatable bonds is 4. The van der Waals surface area contributed by atoms with E-state index in [-0.39, 0.29) is 27.9 Å². The number of hydrogen-bond acceptors (Lipinski definition) is 5. The molecule has 0 aromatic heterocycles. The zero-order valence-electron chi connectivity index (χ0n) is 15.3. The molecule has 0 bridgehead atoms. The molecule has 3 aromatic carbocycles. The average molecular weight is 471 g/mol. The number of aryl methyl sites for hydroxylation is 1. The number of ketones is 1. The zero-order valence-corrected chi connectivity index (χ0v) is 17.7. The van der Waals surface area contributed by atoms with Gasteiger partial charge in [0.25, 0.3) is 0 Å². The third-order valence-electron chi connectivity index (χ3n) is 4.30. The number of hydrogen-bond donors (Lipinski definition) is 0. The summed E-state index contributed by atoms with van der Waals surface area (Å²) in [4.78, 5) is 12.6. The van der Waals surface area contributed by atoms with Crippen molar-refractivity contribution in [2.45, 2.75) is 11.8 Å². The van der Waals surface area contributed by atoms with Gasteiger partial charge >= 0.3 is 10.1 Å². The second kappa shape index (κ2) is 7.50. The SMILES string of the molecule is Cc1ccc(S(=O)(=O)Oc2ccc3c(c2)OC(=Cc2cccc(Br)c2)C3=O)cc1. The van der Waals surface area contributed by atoms with E-state index in [0.717, 1.165) is 15.6 Å². The molecule has 0 radical (unpaired) electrons. The van der Waals surface area contributed by atoms with Gasteiger partial charge in [-0.3, -0.25) is 4.79 Å². The Morgan fingerprint density at radius 2 is 1.76 bits per heavy atom. The number of carbonyl (C=O) groups excluding carboxylic acids is 1. The van der Waals surface area contributed by atoms with E-state index >= 15 is 0 Å². The maximum atomic E-state index is 12.6. The lowest BCUT2D eigenvalue weighted by Gasteiger charge is -2.08. The first-order valence-corrected chi connectivity index (χ1v) is 10.9. The van der Waals surface area contributed by atoms with Crippen molar-refractivity contribution in [1.82, 2.24) is 0 Å². The number of benzene rings is 3. The molecule has 1 heterocycles. The van der Waals surface area contributed by atoms with Crippen LogP contribution in [0.5, 0.6) is 11.5 Å². The summed E-state index contributed by atoms with van der Waals surface area (Å²) in [5.74, 6) is 0.221. The molecule has 3 aromatic rings. The second-order valence-corrected chi connectivity index (χ2v) is 8.97. The molecule has 5 nitrogen and oxygen atoms in total. The third kappa shape index (κ3) is 4.11. The minimum absolute atomic E-state index is 0.0517. The highest BCUT2D eigenvalue weighted by Gasteiger charge is 2.28. The number of fused-ring (bicyclic) bond motifs is 1. The van der Waals surface area contributed by atoms with Crippen LogP contribution in [0.25, 0.3) is 6.08 Å². The van der Waals surface area contributed by atoms with Crippen LogP contribution in [0.3, 0.4) is 0 Å². The summed E-state index contributed by atoms with van der Waals surface area (Å²) in [5, 5.41) is 0. The molecular weight excluding hydrogens is 456 g/mol. The fourth-order valence-electron chi connectivity index (χ4n) is 2.85. The van der Waals surface area contributed by atoms with Gasteiger partial charge in [0.1, 0.15) is 16.4 Å². The van der Waals surface area contributed by atoms with E-state index in [1.165, 1.54) is 30.3 Å². The Balaban J connectivity index is 1.60. The van der Waals surface area contributed by atoms with Crippen molar-refractivity contribution in [3.05, 3.63) is 93.7 Å². The molecule has 1 aliphatic heterocycles. The third-order valence-corrected chi connectivity index (χ3v) is 6.06. The average Bonchev–Trinajstić information content (AvgIpc) is 2.97. The fraction of sp³-hybridized carbons (Fsp3) is 0.0455. The van der Waals surface area contributed by atoms with E-state index in [1.807, 2.05) is 31.2 Å². The first kappa shape index (κ1) is 19.4. The maximum Gasteiger partial charge on any atom is 0.339 e. The zero-order chi connectivity index (χ0) is 20.6. The Hall–Kier alpha value is -2.90. The van der Waals surface area contributed by atoms with Gasteiger partial charge in [0.05, 0.1) is 5.56 Å². The molecule has 4 rings (SSSR count). The second-order valence-electron chi connectivity index (χ2n) is 6.50. The van der Waals surface area contributed by atoms with Crippen LogP contribution >= 0.6 is 15.9 Å². The van der Waals surface area contributed by atoms with Crippen LogP contribution in [0.1, 0.15) is 21.5 Å². The highest BCUT2D eigenvalue weighted by atomic mass is 79.9. The molecule has 7 heteroatoms. The number of allylic oxidation sites excluding steroid dienone is 1. The molecule has 0 amide bonds. The molecule has 29 heavy (non-hydrogen) atoms. The van der Waals surface area contributed by atoms with E-state index in [9.17, 15) is 13.2 Å². The van der Waals surface area contributed by atoms with Crippen molar-refractivity contribution in [3.8, 4) is 11.5 Å². The van der Waals surface area contributed by atoms with Crippen molar-refractivity contribution in [2.75, 3.05) is 0 Å². The molecule has 0 spiro atoms. The quantitative estimate of drug-likeness (QED) is 0.389. The summed E-state index contributed by atoms with van der Waals surface area (Å²) in [6.45, 7) is 1.87. The largest absolute Gasteiger partial charge is 0.452 e. The minimum Gasteiger partial charge on any atom is -0.452 e. The van der Waals surface area contributed by atoms with Gasteiger partial charge in [-0.05, 0) is 55.0 Å². The Labute approximate surface area is 176 Å². The number of Topliss-reactive ketones (excluding diaryl/α,β-unsaturated/α-hetero) is 1. The van der Waals surface area contributed by atoms with E-state index < -0.39 is 10.1 Å². The van der Waals surface area contributed by atoms with Crippen LogP contribution in [0.15, 0.2) is 81.9 Å². The van der Waals surface area contributed by atoms with Crippen molar-refractivity contribution < 1.29 is 22.1 Å². The van der Waals surface area contributed by atoms with Crippen LogP contribution in [0.4, 0.5) is 0 Å². The lowest BCUT2D eigenvalue weighted by atomic mass is 10.1. The lowest BCUT2D eigenvalue weighted by molar-refractivity contribution is 0.101. The van der Waals surface area contributed by atoms with Crippen LogP contribution in [0, 0.1) is 6.92 Å². The van der Waals surface area contributed by atoms with Crippen molar-refractivity contribution in [3.63, 3.8) is 0 Å². The molecule has 146 valence electrons. The molecule has 0 fully saturated rings. The van der Waals surface area contributed by atoms with Crippen molar-refractivity contribution in [2.24, 2.45) is 0 Å². The van der Waals surface area contributed by atoms with Gasteiger partial charge in [-0.25, -0.2) is 0 Å². The number of carbonyl (C=O) groups is 1. The van der Waals surface area contributed by atoms with Gasteiger partial charge < -0.3 is 8.92 Å². The van der Waals surface area contributed by atoms with Crippen LogP contribution in [-0.4, -0.2) is 14.2 Å². The fourth-order valence-corrected chi connectivity index (χ4v) is 4.19. The minimum atomic E-state index is -3.99. The van der Waals surface area contributed by atoms with Crippen molar-refractivity contribution >= 4 is 37.9 Å². The summed E-state index contributed by atoms with van der Waals surface area (Å²) in [7, 11) is -3.99. The Bertz CT molecular complexity index is 1240. The van der Waals surface area contributed by atoms with Crippen LogP contribution in [-0.2, 0) is 10.1 Å². The lowest BCUT2D eigenvalue weighted by Crippen LogP contribution is -2.09. The maximum absolute atomic E-state index is 12.6. The molecular formula is C22H15BrO5S. The van der Waals surface area contributed by atoms with Crippen molar-refractivity contribution in [1.29, 1.82) is 0 Å². The van der Waals surface area contributed by atoms with Crippen LogP contribution < -0.4 is 8.92 Å². The van der Waals surface area contributed by atoms with Gasteiger partial charge in [-0.2, -0.15) is 8.42 Å². The highest BCUT2D eigenvalue weighted by Crippen LogP contribution is 2.35. The Kier molecular flexibility index (Phi) is 5.02. The van der Waals surface area contributed by atoms with Gasteiger partial charge in [0.2, 0.25) is 5.78 Å². The summed E-state index contributed by atoms with van der Waals surface area (Å²) < 4.78 is 36.7. The Morgan fingerprint density at radius 3 is 2.48 bits per heavy atom. The van der Waals surface area contributed by atoms with E-state index in [2.05, 4.69) is 15.9 Å². The first-order valence-electron chi connectivity index (χ1n) is 8.67.